The normalized spacial score (nSPS) is 13.2. The van der Waals surface area contributed by atoms with E-state index in [1.54, 1.807) is 0 Å². The Morgan fingerprint density at radius 3 is 1.18 bits per heavy atom. The molecule has 0 aliphatic rings. The van der Waals surface area contributed by atoms with Gasteiger partial charge in [0.2, 0.25) is 0 Å². The first-order chi connectivity index (χ1) is 35.6. The molecule has 1 N–H and O–H groups in total. The minimum absolute atomic E-state index is 0.184. The Balaban J connectivity index is 3.94. The van der Waals surface area contributed by atoms with Crippen LogP contribution in [0.25, 0.3) is 0 Å². The van der Waals surface area contributed by atoms with E-state index in [1.165, 1.54) is 154 Å². The van der Waals surface area contributed by atoms with Gasteiger partial charge in [0.25, 0.3) is 6.29 Å². The zero-order chi connectivity index (χ0) is 53.4. The number of hydrogen-bond donors (Lipinski definition) is 1. The van der Waals surface area contributed by atoms with Gasteiger partial charge in [-0.2, -0.15) is 0 Å². The van der Waals surface area contributed by atoms with Gasteiger partial charge in [0.05, 0.1) is 34.4 Å². The summed E-state index contributed by atoms with van der Waals surface area (Å²) in [6.45, 7) is 4.73. The Labute approximate surface area is 450 Å². The van der Waals surface area contributed by atoms with Crippen LogP contribution in [-0.4, -0.2) is 87.4 Å². The fourth-order valence-corrected chi connectivity index (χ4v) is 8.58. The maximum Gasteiger partial charge on any atom is 0.361 e. The quantitative estimate of drug-likeness (QED) is 0.0211. The molecule has 2 atom stereocenters. The predicted molar refractivity (Wildman–Crippen MR) is 309 cm³/mol. The molecule has 0 aromatic rings. The van der Waals surface area contributed by atoms with Gasteiger partial charge >= 0.3 is 17.9 Å². The Morgan fingerprint density at radius 1 is 0.425 bits per heavy atom. The molecule has 0 spiro atoms. The fourth-order valence-electron chi connectivity index (χ4n) is 8.58. The second-order valence-electron chi connectivity index (χ2n) is 21.6. The van der Waals surface area contributed by atoms with E-state index in [-0.39, 0.29) is 32.2 Å². The van der Waals surface area contributed by atoms with Crippen LogP contribution in [0.3, 0.4) is 0 Å². The van der Waals surface area contributed by atoms with E-state index in [0.717, 1.165) is 89.9 Å². The SMILES string of the molecule is CC/C=C\C/C=C\C/C=C\C/C=C\CCCCCCCCCCCCCCCCCCCCCCCCCCC(=O)OC(COC(=O)CCCCCCC/C=C\CCCC)COC(OCC[N+](C)(C)C)C(=O)O. The molecule has 9 nitrogen and oxygen atoms in total. The van der Waals surface area contributed by atoms with Crippen molar-refractivity contribution in [3.05, 3.63) is 60.8 Å². The largest absolute Gasteiger partial charge is 0.477 e. The van der Waals surface area contributed by atoms with Crippen molar-refractivity contribution in [2.45, 2.75) is 283 Å². The number of quaternary nitrogens is 1. The summed E-state index contributed by atoms with van der Waals surface area (Å²) in [7, 11) is 5.97. The standard InChI is InChI=1S/C64H115NO8/c1-6-8-10-12-14-16-18-19-20-21-22-23-24-25-26-27-28-29-30-31-32-33-34-35-36-37-38-39-40-41-42-43-45-47-49-51-53-55-62(67)73-60(59-72-64(63(68)69)70-57-56-65(3,4)5)58-71-61(66)54-52-50-48-46-44-17-15-13-11-9-7-2/h8,10,13-16,19-20,22-23,60,64H,6-7,9,11-12,17-18,21,24-59H2,1-5H3/p+1/b10-8-,15-13-,16-14-,20-19-,23-22-. The number of hydrogen-bond acceptors (Lipinski definition) is 7. The summed E-state index contributed by atoms with van der Waals surface area (Å²) in [4.78, 5) is 37.3. The van der Waals surface area contributed by atoms with E-state index in [1.807, 2.05) is 21.1 Å². The molecule has 0 aromatic carbocycles. The lowest BCUT2D eigenvalue weighted by molar-refractivity contribution is -0.870. The summed E-state index contributed by atoms with van der Waals surface area (Å²) >= 11 is 0. The zero-order valence-electron chi connectivity index (χ0n) is 48.3. The average molecular weight is 1030 g/mol. The molecule has 0 aromatic heterocycles. The summed E-state index contributed by atoms with van der Waals surface area (Å²) in [6.07, 6.45) is 67.7. The number of rotatable bonds is 56. The molecule has 0 fully saturated rings. The van der Waals surface area contributed by atoms with E-state index in [4.69, 9.17) is 18.9 Å². The second-order valence-corrected chi connectivity index (χ2v) is 21.6. The van der Waals surface area contributed by atoms with Crippen molar-refractivity contribution < 1.29 is 42.9 Å². The molecule has 0 heterocycles. The third-order valence-corrected chi connectivity index (χ3v) is 13.3. The first-order valence-corrected chi connectivity index (χ1v) is 30.5. The van der Waals surface area contributed by atoms with Crippen molar-refractivity contribution in [2.75, 3.05) is 47.5 Å². The van der Waals surface area contributed by atoms with Crippen LogP contribution in [0.5, 0.6) is 0 Å². The lowest BCUT2D eigenvalue weighted by atomic mass is 10.0. The van der Waals surface area contributed by atoms with Gasteiger partial charge in [-0.15, -0.1) is 0 Å². The van der Waals surface area contributed by atoms with E-state index in [0.29, 0.717) is 17.4 Å². The monoisotopic (exact) mass is 1030 g/mol. The Morgan fingerprint density at radius 2 is 0.781 bits per heavy atom. The Hall–Kier alpha value is -3.01. The van der Waals surface area contributed by atoms with Crippen molar-refractivity contribution in [1.82, 2.24) is 0 Å². The van der Waals surface area contributed by atoms with Crippen LogP contribution in [-0.2, 0) is 33.3 Å². The molecule has 73 heavy (non-hydrogen) atoms. The number of ether oxygens (including phenoxy) is 4. The van der Waals surface area contributed by atoms with Gasteiger partial charge in [0.1, 0.15) is 13.2 Å². The van der Waals surface area contributed by atoms with Crippen molar-refractivity contribution >= 4 is 17.9 Å². The van der Waals surface area contributed by atoms with Gasteiger partial charge in [0.15, 0.2) is 6.10 Å². The van der Waals surface area contributed by atoms with E-state index in [2.05, 4.69) is 74.6 Å². The fraction of sp³-hybridized carbons (Fsp3) is 0.797. The highest BCUT2D eigenvalue weighted by Gasteiger charge is 2.25. The van der Waals surface area contributed by atoms with Crippen LogP contribution < -0.4 is 0 Å². The molecule has 2 unspecified atom stereocenters. The highest BCUT2D eigenvalue weighted by Crippen LogP contribution is 2.17. The summed E-state index contributed by atoms with van der Waals surface area (Å²) in [5.74, 6) is -2.01. The van der Waals surface area contributed by atoms with Crippen molar-refractivity contribution in [2.24, 2.45) is 0 Å². The van der Waals surface area contributed by atoms with Crippen molar-refractivity contribution in [3.63, 3.8) is 0 Å². The minimum Gasteiger partial charge on any atom is -0.477 e. The van der Waals surface area contributed by atoms with Crippen LogP contribution in [0.2, 0.25) is 0 Å². The number of unbranched alkanes of at least 4 members (excludes halogenated alkanes) is 31. The van der Waals surface area contributed by atoms with Gasteiger partial charge in [-0.3, -0.25) is 9.59 Å². The number of esters is 2. The number of likely N-dealkylation sites (N-methyl/N-ethyl adjacent to an activating group) is 1. The van der Waals surface area contributed by atoms with Crippen LogP contribution >= 0.6 is 0 Å². The summed E-state index contributed by atoms with van der Waals surface area (Å²) in [5, 5.41) is 9.68. The Kier molecular flexibility index (Phi) is 53.0. The van der Waals surface area contributed by atoms with Crippen LogP contribution in [0.1, 0.15) is 271 Å². The molecular formula is C64H116NO8+. The van der Waals surface area contributed by atoms with Gasteiger partial charge < -0.3 is 28.5 Å². The molecule has 0 aliphatic carbocycles. The van der Waals surface area contributed by atoms with Gasteiger partial charge in [-0.25, -0.2) is 4.79 Å². The lowest BCUT2D eigenvalue weighted by Crippen LogP contribution is -2.40. The first-order valence-electron chi connectivity index (χ1n) is 30.5. The summed E-state index contributed by atoms with van der Waals surface area (Å²) in [5.41, 5.74) is 0. The van der Waals surface area contributed by atoms with Crippen molar-refractivity contribution in [3.8, 4) is 0 Å². The molecule has 0 aliphatic heterocycles. The van der Waals surface area contributed by atoms with Gasteiger partial charge in [-0.1, -0.05) is 248 Å². The maximum absolute atomic E-state index is 12.9. The highest BCUT2D eigenvalue weighted by atomic mass is 16.7. The number of allylic oxidation sites excluding steroid dienone is 10. The molecule has 0 saturated heterocycles. The van der Waals surface area contributed by atoms with E-state index < -0.39 is 24.3 Å². The molecule has 0 rings (SSSR count). The third kappa shape index (κ3) is 56.6. The molecule has 0 amide bonds. The molecule has 0 bridgehead atoms. The first kappa shape index (κ1) is 70.0. The summed E-state index contributed by atoms with van der Waals surface area (Å²) < 4.78 is 22.8. The maximum atomic E-state index is 12.9. The van der Waals surface area contributed by atoms with Crippen LogP contribution in [0, 0.1) is 0 Å². The Bertz CT molecular complexity index is 1380. The lowest BCUT2D eigenvalue weighted by Gasteiger charge is -2.25. The highest BCUT2D eigenvalue weighted by molar-refractivity contribution is 5.71. The number of aliphatic carboxylic acids is 1. The average Bonchev–Trinajstić information content (AvgIpc) is 3.36. The smallest absolute Gasteiger partial charge is 0.361 e. The molecule has 0 radical (unpaired) electrons. The summed E-state index contributed by atoms with van der Waals surface area (Å²) in [6, 6.07) is 0. The van der Waals surface area contributed by atoms with Gasteiger partial charge in [0, 0.05) is 12.8 Å². The van der Waals surface area contributed by atoms with Crippen LogP contribution in [0.15, 0.2) is 60.8 Å². The molecular weight excluding hydrogens is 911 g/mol. The second kappa shape index (κ2) is 55.2. The minimum atomic E-state index is -1.51. The predicted octanol–water partition coefficient (Wildman–Crippen LogP) is 18.0. The number of nitrogens with zero attached hydrogens (tertiary/aromatic N) is 1. The zero-order valence-corrected chi connectivity index (χ0v) is 48.3. The van der Waals surface area contributed by atoms with E-state index in [9.17, 15) is 19.5 Å². The number of carbonyl (C=O) groups excluding carboxylic acids is 2. The molecule has 0 saturated carbocycles. The third-order valence-electron chi connectivity index (χ3n) is 13.3. The number of carboxylic acid groups (broad SMARTS) is 1. The number of carboxylic acids is 1. The van der Waals surface area contributed by atoms with Crippen LogP contribution in [0.4, 0.5) is 0 Å². The topological polar surface area (TPSA) is 108 Å². The van der Waals surface area contributed by atoms with Crippen molar-refractivity contribution in [1.29, 1.82) is 0 Å². The molecule has 424 valence electrons. The number of carbonyl (C=O) groups is 3. The van der Waals surface area contributed by atoms with Gasteiger partial charge in [-0.05, 0) is 70.6 Å². The molecule has 9 heteroatoms. The van der Waals surface area contributed by atoms with E-state index >= 15 is 0 Å².